The summed E-state index contributed by atoms with van der Waals surface area (Å²) in [6, 6.07) is -0.312. The molecule has 0 aliphatic carbocycles. The Hall–Kier alpha value is -1.44. The number of hydrogen-bond acceptors (Lipinski definition) is 5. The van der Waals surface area contributed by atoms with Crippen LogP contribution in [0.3, 0.4) is 0 Å². The highest BCUT2D eigenvalue weighted by Crippen LogP contribution is 2.15. The number of carbonyl (C=O) groups is 2. The predicted octanol–water partition coefficient (Wildman–Crippen LogP) is 0.347. The van der Waals surface area contributed by atoms with Gasteiger partial charge in [-0.3, -0.25) is 4.79 Å². The molecule has 9 heteroatoms. The predicted molar refractivity (Wildman–Crippen MR) is 62.6 cm³/mol. The summed E-state index contributed by atoms with van der Waals surface area (Å²) in [6.07, 6.45) is -1.27. The molecule has 7 nitrogen and oxygen atoms in total. The van der Waals surface area contributed by atoms with E-state index in [1.54, 1.807) is 0 Å². The number of halogens is 2. The maximum atomic E-state index is 11.7. The lowest BCUT2D eigenvalue weighted by molar-refractivity contribution is -0.141. The second kappa shape index (κ2) is 5.94. The molecule has 98 valence electrons. The van der Waals surface area contributed by atoms with Crippen LogP contribution in [0.1, 0.15) is 17.3 Å². The molecule has 1 aromatic heterocycles. The minimum Gasteiger partial charge on any atom is -0.480 e. The van der Waals surface area contributed by atoms with Crippen LogP contribution < -0.4 is 5.32 Å². The van der Waals surface area contributed by atoms with Crippen LogP contribution in [0.25, 0.3) is 0 Å². The lowest BCUT2D eigenvalue weighted by Gasteiger charge is -2.17. The molecule has 1 rings (SSSR count). The average molecular weight is 294 g/mol. The van der Waals surface area contributed by atoms with Gasteiger partial charge in [0.25, 0.3) is 5.91 Å². The normalized spacial score (nSPS) is 13.8. The van der Waals surface area contributed by atoms with Crippen molar-refractivity contribution in [1.82, 2.24) is 15.5 Å². The van der Waals surface area contributed by atoms with Gasteiger partial charge in [-0.1, -0.05) is 23.2 Å². The fourth-order valence-electron chi connectivity index (χ4n) is 1.12. The first-order chi connectivity index (χ1) is 8.32. The first kappa shape index (κ1) is 14.6. The van der Waals surface area contributed by atoms with Crippen LogP contribution in [0.5, 0.6) is 0 Å². The fraction of sp³-hybridized carbons (Fsp3) is 0.333. The van der Waals surface area contributed by atoms with E-state index in [0.29, 0.717) is 0 Å². The maximum Gasteiger partial charge on any atom is 0.328 e. The quantitative estimate of drug-likeness (QED) is 0.738. The van der Waals surface area contributed by atoms with E-state index in [-0.39, 0.29) is 15.9 Å². The molecule has 0 aliphatic heterocycles. The van der Waals surface area contributed by atoms with Crippen LogP contribution in [0, 0.1) is 0 Å². The smallest absolute Gasteiger partial charge is 0.328 e. The van der Waals surface area contributed by atoms with E-state index in [0.717, 1.165) is 6.07 Å². The number of aliphatic carboxylic acids is 1. The summed E-state index contributed by atoms with van der Waals surface area (Å²) in [4.78, 5) is 22.5. The lowest BCUT2D eigenvalue weighted by Crippen LogP contribution is -2.47. The Morgan fingerprint density at radius 2 is 2.00 bits per heavy atom. The van der Waals surface area contributed by atoms with E-state index in [1.165, 1.54) is 6.92 Å². The van der Waals surface area contributed by atoms with Crippen LogP contribution in [0.4, 0.5) is 0 Å². The zero-order valence-electron chi connectivity index (χ0n) is 9.09. The van der Waals surface area contributed by atoms with Gasteiger partial charge < -0.3 is 15.5 Å². The average Bonchev–Trinajstić information content (AvgIpc) is 2.28. The highest BCUT2D eigenvalue weighted by molar-refractivity contribution is 6.34. The van der Waals surface area contributed by atoms with Gasteiger partial charge in [0.05, 0.1) is 11.7 Å². The topological polar surface area (TPSA) is 112 Å². The molecule has 0 fully saturated rings. The Labute approximate surface area is 112 Å². The van der Waals surface area contributed by atoms with Crippen LogP contribution in [-0.4, -0.2) is 44.4 Å². The monoisotopic (exact) mass is 293 g/mol. The van der Waals surface area contributed by atoms with Crippen molar-refractivity contribution >= 4 is 35.1 Å². The Morgan fingerprint density at radius 1 is 1.39 bits per heavy atom. The number of aromatic nitrogens is 2. The summed E-state index contributed by atoms with van der Waals surface area (Å²) in [5.74, 6) is -2.19. The number of aliphatic hydroxyl groups excluding tert-OH is 1. The molecule has 3 N–H and O–H groups in total. The highest BCUT2D eigenvalue weighted by Gasteiger charge is 2.26. The molecule has 1 aromatic rings. The van der Waals surface area contributed by atoms with Gasteiger partial charge >= 0.3 is 5.97 Å². The maximum absolute atomic E-state index is 11.7. The molecule has 0 spiro atoms. The van der Waals surface area contributed by atoms with Crippen molar-refractivity contribution in [3.8, 4) is 0 Å². The molecule has 0 radical (unpaired) electrons. The van der Waals surface area contributed by atoms with Crippen molar-refractivity contribution in [2.24, 2.45) is 0 Å². The third-order valence-corrected chi connectivity index (χ3v) is 2.46. The van der Waals surface area contributed by atoms with Gasteiger partial charge in [0.1, 0.15) is 0 Å². The number of rotatable bonds is 4. The lowest BCUT2D eigenvalue weighted by atomic mass is 10.1. The van der Waals surface area contributed by atoms with Crippen LogP contribution in [-0.2, 0) is 4.79 Å². The van der Waals surface area contributed by atoms with Crippen molar-refractivity contribution in [2.75, 3.05) is 0 Å². The number of nitrogens with one attached hydrogen (secondary N) is 1. The summed E-state index contributed by atoms with van der Waals surface area (Å²) in [7, 11) is 0. The first-order valence-corrected chi connectivity index (χ1v) is 5.49. The number of amides is 1. The second-order valence-corrected chi connectivity index (χ2v) is 4.15. The number of carbonyl (C=O) groups excluding carboxylic acids is 1. The summed E-state index contributed by atoms with van der Waals surface area (Å²) in [5.41, 5.74) is -0.122. The molecule has 18 heavy (non-hydrogen) atoms. The molecule has 2 atom stereocenters. The zero-order chi connectivity index (χ0) is 13.9. The molecule has 0 saturated heterocycles. The Kier molecular flexibility index (Phi) is 4.83. The van der Waals surface area contributed by atoms with Gasteiger partial charge in [0.15, 0.2) is 16.3 Å². The first-order valence-electron chi connectivity index (χ1n) is 4.73. The Morgan fingerprint density at radius 3 is 2.50 bits per heavy atom. The third kappa shape index (κ3) is 3.52. The van der Waals surface area contributed by atoms with Gasteiger partial charge in [-0.15, -0.1) is 10.2 Å². The number of carboxylic acid groups (broad SMARTS) is 1. The van der Waals surface area contributed by atoms with E-state index < -0.39 is 24.0 Å². The molecule has 1 amide bonds. The van der Waals surface area contributed by atoms with Crippen molar-refractivity contribution in [2.45, 2.75) is 19.1 Å². The summed E-state index contributed by atoms with van der Waals surface area (Å²) >= 11 is 11.2. The minimum atomic E-state index is -1.46. The van der Waals surface area contributed by atoms with E-state index in [9.17, 15) is 14.7 Å². The third-order valence-electron chi connectivity index (χ3n) is 2.00. The van der Waals surface area contributed by atoms with Gasteiger partial charge in [-0.05, 0) is 13.0 Å². The van der Waals surface area contributed by atoms with Crippen molar-refractivity contribution in [1.29, 1.82) is 0 Å². The minimum absolute atomic E-state index is 0.0616. The van der Waals surface area contributed by atoms with E-state index >= 15 is 0 Å². The molecule has 0 saturated carbocycles. The molecule has 0 bridgehead atoms. The van der Waals surface area contributed by atoms with Gasteiger partial charge in [0.2, 0.25) is 0 Å². The number of nitrogens with zero attached hydrogens (tertiary/aromatic N) is 2. The fourth-order valence-corrected chi connectivity index (χ4v) is 1.45. The molecule has 0 aliphatic rings. The van der Waals surface area contributed by atoms with Gasteiger partial charge in [-0.2, -0.15) is 0 Å². The van der Waals surface area contributed by atoms with Crippen molar-refractivity contribution in [3.63, 3.8) is 0 Å². The zero-order valence-corrected chi connectivity index (χ0v) is 10.6. The highest BCUT2D eigenvalue weighted by atomic mass is 35.5. The van der Waals surface area contributed by atoms with Crippen LogP contribution in [0.2, 0.25) is 10.3 Å². The Balaban J connectivity index is 2.94. The van der Waals surface area contributed by atoms with Crippen molar-refractivity contribution in [3.05, 3.63) is 21.9 Å². The van der Waals surface area contributed by atoms with Crippen molar-refractivity contribution < 1.29 is 19.8 Å². The number of hydrogen-bond donors (Lipinski definition) is 3. The second-order valence-electron chi connectivity index (χ2n) is 3.40. The standard InChI is InChI=1S/C9H9Cl2N3O4/c1-3(15)6(9(17)18)12-8(16)4-2-5(10)13-14-7(4)11/h2-3,6,15H,1H3,(H,12,16)(H,17,18). The molecule has 1 heterocycles. The number of carboxylic acids is 1. The van der Waals surface area contributed by atoms with E-state index in [1.807, 2.05) is 0 Å². The summed E-state index contributed by atoms with van der Waals surface area (Å²) < 4.78 is 0. The van der Waals surface area contributed by atoms with Crippen LogP contribution in [0.15, 0.2) is 6.07 Å². The molecule has 2 unspecified atom stereocenters. The SMILES string of the molecule is CC(O)C(NC(=O)c1cc(Cl)nnc1Cl)C(=O)O. The summed E-state index contributed by atoms with van der Waals surface area (Å²) in [6.45, 7) is 1.23. The van der Waals surface area contributed by atoms with Crippen LogP contribution >= 0.6 is 23.2 Å². The molecule has 0 aromatic carbocycles. The molecular weight excluding hydrogens is 285 g/mol. The van der Waals surface area contributed by atoms with E-state index in [2.05, 4.69) is 15.5 Å². The molecular formula is C9H9Cl2N3O4. The van der Waals surface area contributed by atoms with Gasteiger partial charge in [-0.25, -0.2) is 4.79 Å². The van der Waals surface area contributed by atoms with E-state index in [4.69, 9.17) is 28.3 Å². The summed E-state index contributed by atoms with van der Waals surface area (Å²) in [5, 5.41) is 26.7. The Bertz CT molecular complexity index is 481. The van der Waals surface area contributed by atoms with Gasteiger partial charge in [0, 0.05) is 0 Å². The largest absolute Gasteiger partial charge is 0.480 e. The number of aliphatic hydroxyl groups is 1.